The van der Waals surface area contributed by atoms with Gasteiger partial charge in [0.25, 0.3) is 0 Å². The number of para-hydroxylation sites is 1. The van der Waals surface area contributed by atoms with Crippen LogP contribution in [0.5, 0.6) is 5.75 Å². The summed E-state index contributed by atoms with van der Waals surface area (Å²) in [5.41, 5.74) is 3.90. The largest absolute Gasteiger partial charge is 0.853 e. The summed E-state index contributed by atoms with van der Waals surface area (Å²) in [4.78, 5) is 13.2. The third kappa shape index (κ3) is 2.04. The molecule has 5 unspecified atom stereocenters. The zero-order chi connectivity index (χ0) is 21.4. The number of carbonyl (C=O) groups excluding carboxylic acids is 1. The van der Waals surface area contributed by atoms with E-state index in [0.29, 0.717) is 10.9 Å². The van der Waals surface area contributed by atoms with E-state index in [9.17, 15) is 9.90 Å². The van der Waals surface area contributed by atoms with Gasteiger partial charge in [0.1, 0.15) is 29.8 Å². The second-order valence-electron chi connectivity index (χ2n) is 9.35. The number of ether oxygens (including phenoxy) is 2. The lowest BCUT2D eigenvalue weighted by Gasteiger charge is -2.67. The standard InChI is InChI=1S/C24H30N2O4/c1-6-14-12-26(3)18-11-17(14)24(13-27,23(28)30-5)20(26)10-16-15-8-7-9-19(29-4)22(15)25(2)21(16)18/h6-9,17-18,20H,10-13H2,1-5H3/b14-6-. The molecule has 30 heavy (non-hydrogen) atoms. The molecule has 6 heteroatoms. The van der Waals surface area contributed by atoms with Crippen molar-refractivity contribution in [3.63, 3.8) is 0 Å². The third-order valence-electron chi connectivity index (χ3n) is 8.51. The van der Waals surface area contributed by atoms with E-state index in [1.807, 2.05) is 19.1 Å². The van der Waals surface area contributed by atoms with Crippen molar-refractivity contribution in [2.75, 3.05) is 34.4 Å². The van der Waals surface area contributed by atoms with Crippen LogP contribution in [-0.4, -0.2) is 55.5 Å². The molecule has 160 valence electrons. The Balaban J connectivity index is 1.81. The SMILES string of the molecule is C/C=C1/C[N+]2(C)C3CC1C(C[O-])(C(=O)OC)C2Cc1c3n(C)c2c(OC)cccc12. The van der Waals surface area contributed by atoms with Gasteiger partial charge in [0.05, 0.1) is 32.5 Å². The van der Waals surface area contributed by atoms with Gasteiger partial charge in [-0.1, -0.05) is 18.2 Å². The van der Waals surface area contributed by atoms with Crippen molar-refractivity contribution >= 4 is 16.9 Å². The molecular formula is C24H30N2O4. The van der Waals surface area contributed by atoms with Gasteiger partial charge in [-0.3, -0.25) is 4.79 Å². The number of methoxy groups -OCH3 is 2. The Labute approximate surface area is 177 Å². The minimum Gasteiger partial charge on any atom is -0.853 e. The first-order valence-corrected chi connectivity index (χ1v) is 10.7. The van der Waals surface area contributed by atoms with Gasteiger partial charge in [0, 0.05) is 31.2 Å². The molecule has 0 amide bonds. The van der Waals surface area contributed by atoms with Crippen molar-refractivity contribution in [1.82, 2.24) is 4.57 Å². The van der Waals surface area contributed by atoms with Crippen LogP contribution in [0.15, 0.2) is 29.8 Å². The predicted octanol–water partition coefficient (Wildman–Crippen LogP) is 2.10. The van der Waals surface area contributed by atoms with E-state index >= 15 is 0 Å². The van der Waals surface area contributed by atoms with Crippen LogP contribution in [0.2, 0.25) is 0 Å². The average Bonchev–Trinajstić information content (AvgIpc) is 3.04. The van der Waals surface area contributed by atoms with Crippen molar-refractivity contribution < 1.29 is 23.9 Å². The minimum atomic E-state index is -1.02. The number of quaternary nitrogens is 1. The first-order valence-electron chi connectivity index (χ1n) is 10.7. The zero-order valence-electron chi connectivity index (χ0n) is 18.4. The molecule has 0 saturated carbocycles. The van der Waals surface area contributed by atoms with Crippen LogP contribution in [0.25, 0.3) is 10.9 Å². The van der Waals surface area contributed by atoms with E-state index in [4.69, 9.17) is 9.47 Å². The van der Waals surface area contributed by atoms with Gasteiger partial charge in [0.15, 0.2) is 0 Å². The molecule has 5 heterocycles. The lowest BCUT2D eigenvalue weighted by atomic mass is 9.54. The molecule has 0 N–H and O–H groups in total. The first kappa shape index (κ1) is 19.6. The number of likely N-dealkylation sites (N-methyl/N-ethyl adjacent to an activating group) is 1. The maximum absolute atomic E-state index is 13.2. The molecule has 6 nitrogen and oxygen atoms in total. The lowest BCUT2D eigenvalue weighted by Crippen LogP contribution is -2.77. The summed E-state index contributed by atoms with van der Waals surface area (Å²) in [6.45, 7) is 2.47. The predicted molar refractivity (Wildman–Crippen MR) is 112 cm³/mol. The van der Waals surface area contributed by atoms with Crippen LogP contribution in [0.1, 0.15) is 30.6 Å². The van der Waals surface area contributed by atoms with Crippen molar-refractivity contribution in [3.05, 3.63) is 41.1 Å². The zero-order valence-corrected chi connectivity index (χ0v) is 18.4. The van der Waals surface area contributed by atoms with Crippen LogP contribution in [0, 0.1) is 11.3 Å². The Morgan fingerprint density at radius 2 is 2.17 bits per heavy atom. The van der Waals surface area contributed by atoms with Gasteiger partial charge in [0.2, 0.25) is 0 Å². The van der Waals surface area contributed by atoms with Crippen LogP contribution in [-0.2, 0) is 23.0 Å². The smallest absolute Gasteiger partial charge is 0.317 e. The van der Waals surface area contributed by atoms with E-state index in [2.05, 4.69) is 30.8 Å². The number of nitrogens with zero attached hydrogens (tertiary/aromatic N) is 2. The Kier molecular flexibility index (Phi) is 4.15. The summed E-state index contributed by atoms with van der Waals surface area (Å²) in [5, 5.41) is 14.0. The molecule has 2 aromatic rings. The van der Waals surface area contributed by atoms with Crippen LogP contribution >= 0.6 is 0 Å². The highest BCUT2D eigenvalue weighted by Gasteiger charge is 2.70. The van der Waals surface area contributed by atoms with Crippen molar-refractivity contribution in [2.24, 2.45) is 18.4 Å². The second kappa shape index (κ2) is 6.34. The number of rotatable bonds is 3. The third-order valence-corrected chi connectivity index (χ3v) is 8.51. The number of piperidine rings is 3. The monoisotopic (exact) mass is 410 g/mol. The molecule has 5 atom stereocenters. The van der Waals surface area contributed by atoms with Crippen LogP contribution < -0.4 is 9.84 Å². The minimum absolute atomic E-state index is 0.0598. The Hall–Kier alpha value is -2.31. The van der Waals surface area contributed by atoms with E-state index in [1.54, 1.807) is 7.11 Å². The van der Waals surface area contributed by atoms with Crippen LogP contribution in [0.3, 0.4) is 0 Å². The number of allylic oxidation sites excluding steroid dienone is 1. The summed E-state index contributed by atoms with van der Waals surface area (Å²) in [6.07, 6.45) is 3.62. The molecule has 0 radical (unpaired) electrons. The summed E-state index contributed by atoms with van der Waals surface area (Å²) < 4.78 is 14.0. The Morgan fingerprint density at radius 3 is 2.80 bits per heavy atom. The van der Waals surface area contributed by atoms with Gasteiger partial charge < -0.3 is 23.6 Å². The fourth-order valence-electron chi connectivity index (χ4n) is 7.22. The number of esters is 1. The van der Waals surface area contributed by atoms with E-state index in [1.165, 1.54) is 29.3 Å². The number of hydrogen-bond donors (Lipinski definition) is 0. The molecule has 3 fully saturated rings. The summed E-state index contributed by atoms with van der Waals surface area (Å²) in [5.74, 6) is 0.463. The quantitative estimate of drug-likeness (QED) is 0.442. The van der Waals surface area contributed by atoms with E-state index in [0.717, 1.165) is 24.2 Å². The topological polar surface area (TPSA) is 63.5 Å². The fraction of sp³-hybridized carbons (Fsp3) is 0.542. The van der Waals surface area contributed by atoms with E-state index < -0.39 is 12.0 Å². The molecule has 1 aromatic heterocycles. The van der Waals surface area contributed by atoms with Crippen LogP contribution in [0.4, 0.5) is 0 Å². The number of hydrogen-bond acceptors (Lipinski definition) is 4. The highest BCUT2D eigenvalue weighted by atomic mass is 16.5. The number of benzene rings is 1. The summed E-state index contributed by atoms with van der Waals surface area (Å²) >= 11 is 0. The van der Waals surface area contributed by atoms with Gasteiger partial charge in [-0.25, -0.2) is 0 Å². The Morgan fingerprint density at radius 1 is 1.40 bits per heavy atom. The molecule has 4 bridgehead atoms. The second-order valence-corrected chi connectivity index (χ2v) is 9.35. The van der Waals surface area contributed by atoms with Gasteiger partial charge in [-0.05, 0) is 24.1 Å². The van der Waals surface area contributed by atoms with Crippen molar-refractivity contribution in [2.45, 2.75) is 31.8 Å². The maximum Gasteiger partial charge on any atom is 0.317 e. The normalized spacial score (nSPS) is 35.5. The molecule has 4 aliphatic heterocycles. The Bertz CT molecular complexity index is 1090. The molecular weight excluding hydrogens is 380 g/mol. The molecule has 4 aliphatic rings. The molecule has 0 aliphatic carbocycles. The fourth-order valence-corrected chi connectivity index (χ4v) is 7.22. The number of fused-ring (bicyclic) bond motifs is 4. The molecule has 0 spiro atoms. The molecule has 3 saturated heterocycles. The van der Waals surface area contributed by atoms with E-state index in [-0.39, 0.29) is 24.0 Å². The highest BCUT2D eigenvalue weighted by Crippen LogP contribution is 2.63. The summed E-state index contributed by atoms with van der Waals surface area (Å²) in [7, 11) is 7.48. The van der Waals surface area contributed by atoms with Gasteiger partial charge >= 0.3 is 5.97 Å². The first-order chi connectivity index (χ1) is 14.4. The maximum atomic E-state index is 13.2. The number of aryl methyl sites for hydroxylation is 1. The number of carbonyl (C=O) groups is 1. The van der Waals surface area contributed by atoms with Crippen molar-refractivity contribution in [3.8, 4) is 5.75 Å². The van der Waals surface area contributed by atoms with Crippen molar-refractivity contribution in [1.29, 1.82) is 0 Å². The molecule has 6 rings (SSSR count). The average molecular weight is 411 g/mol. The number of aromatic nitrogens is 1. The van der Waals surface area contributed by atoms with Gasteiger partial charge in [-0.15, -0.1) is 6.61 Å². The highest BCUT2D eigenvalue weighted by molar-refractivity contribution is 5.91. The summed E-state index contributed by atoms with van der Waals surface area (Å²) in [6, 6.07) is 6.32. The lowest BCUT2D eigenvalue weighted by molar-refractivity contribution is -0.982. The molecule has 1 aromatic carbocycles. The van der Waals surface area contributed by atoms with Gasteiger partial charge in [-0.2, -0.15) is 0 Å².